The first-order valence-corrected chi connectivity index (χ1v) is 8.02. The average molecular weight is 362 g/mol. The van der Waals surface area contributed by atoms with Gasteiger partial charge < -0.3 is 9.84 Å². The smallest absolute Gasteiger partial charge is 0.343 e. The first-order chi connectivity index (χ1) is 13.1. The summed E-state index contributed by atoms with van der Waals surface area (Å²) < 4.78 is 6.44. The Hall–Kier alpha value is -3.94. The van der Waals surface area contributed by atoms with Gasteiger partial charge in [-0.2, -0.15) is 4.52 Å². The van der Waals surface area contributed by atoms with E-state index < -0.39 is 17.1 Å². The molecule has 0 radical (unpaired) electrons. The number of aromatic amines is 1. The number of benzene rings is 1. The number of hydrogen-bond donors (Lipinski definition) is 2. The molecular weight excluding hydrogens is 348 g/mol. The first kappa shape index (κ1) is 16.5. The number of hydrogen-bond acceptors (Lipinski definition) is 5. The van der Waals surface area contributed by atoms with Crippen molar-refractivity contribution in [2.24, 2.45) is 0 Å². The number of aromatic carboxylic acids is 1. The first-order valence-electron chi connectivity index (χ1n) is 8.02. The van der Waals surface area contributed by atoms with Gasteiger partial charge in [0, 0.05) is 24.2 Å². The van der Waals surface area contributed by atoms with E-state index in [9.17, 15) is 14.7 Å². The van der Waals surface area contributed by atoms with Gasteiger partial charge in [-0.05, 0) is 29.8 Å². The molecule has 8 nitrogen and oxygen atoms in total. The van der Waals surface area contributed by atoms with Crippen LogP contribution in [0.3, 0.4) is 0 Å². The van der Waals surface area contributed by atoms with Crippen molar-refractivity contribution in [2.45, 2.75) is 0 Å². The molecule has 0 fully saturated rings. The van der Waals surface area contributed by atoms with Crippen LogP contribution in [-0.2, 0) is 0 Å². The minimum absolute atomic E-state index is 0.324. The molecule has 0 atom stereocenters. The second-order valence-corrected chi connectivity index (χ2v) is 5.77. The lowest BCUT2D eigenvalue weighted by atomic mass is 10.0. The zero-order chi connectivity index (χ0) is 19.0. The maximum Gasteiger partial charge on any atom is 0.343 e. The van der Waals surface area contributed by atoms with Gasteiger partial charge in [-0.1, -0.05) is 12.1 Å². The third-order valence-electron chi connectivity index (χ3n) is 4.22. The second-order valence-electron chi connectivity index (χ2n) is 5.77. The predicted octanol–water partition coefficient (Wildman–Crippen LogP) is 2.46. The topological polar surface area (TPSA) is 110 Å². The van der Waals surface area contributed by atoms with Crippen LogP contribution in [0.1, 0.15) is 10.4 Å². The number of rotatable bonds is 4. The average Bonchev–Trinajstić information content (AvgIpc) is 3.09. The van der Waals surface area contributed by atoms with Crippen molar-refractivity contribution in [3.8, 4) is 28.1 Å². The molecule has 8 heteroatoms. The number of nitrogens with one attached hydrogen (secondary N) is 1. The Morgan fingerprint density at radius 2 is 1.96 bits per heavy atom. The summed E-state index contributed by atoms with van der Waals surface area (Å²) in [4.78, 5) is 32.1. The summed E-state index contributed by atoms with van der Waals surface area (Å²) in [5, 5.41) is 12.2. The number of ether oxygens (including phenoxy) is 1. The van der Waals surface area contributed by atoms with E-state index in [0.29, 0.717) is 22.7 Å². The van der Waals surface area contributed by atoms with E-state index in [1.807, 2.05) is 24.3 Å². The molecule has 0 amide bonds. The Labute approximate surface area is 152 Å². The van der Waals surface area contributed by atoms with Crippen molar-refractivity contribution in [3.63, 3.8) is 0 Å². The van der Waals surface area contributed by atoms with Gasteiger partial charge >= 0.3 is 5.97 Å². The molecule has 0 saturated heterocycles. The Kier molecular flexibility index (Phi) is 3.92. The molecule has 3 aromatic heterocycles. The minimum Gasteiger partial charge on any atom is -0.497 e. The zero-order valence-electron chi connectivity index (χ0n) is 14.2. The Balaban J connectivity index is 2.10. The molecule has 0 bridgehead atoms. The van der Waals surface area contributed by atoms with E-state index in [2.05, 4.69) is 15.1 Å². The molecule has 0 aliphatic rings. The summed E-state index contributed by atoms with van der Waals surface area (Å²) in [6.07, 6.45) is 4.35. The van der Waals surface area contributed by atoms with Crippen molar-refractivity contribution in [1.29, 1.82) is 0 Å². The van der Waals surface area contributed by atoms with Gasteiger partial charge in [-0.3, -0.25) is 14.9 Å². The summed E-state index contributed by atoms with van der Waals surface area (Å²) >= 11 is 0. The fraction of sp³-hybridized carbons (Fsp3) is 0.0526. The number of aromatic nitrogens is 4. The highest BCUT2D eigenvalue weighted by atomic mass is 16.5. The van der Waals surface area contributed by atoms with Crippen LogP contribution < -0.4 is 10.3 Å². The van der Waals surface area contributed by atoms with E-state index in [1.165, 1.54) is 0 Å². The van der Waals surface area contributed by atoms with Gasteiger partial charge in [0.15, 0.2) is 5.65 Å². The number of carboxylic acids is 1. The largest absolute Gasteiger partial charge is 0.497 e. The molecule has 3 heterocycles. The van der Waals surface area contributed by atoms with Crippen molar-refractivity contribution in [3.05, 3.63) is 70.9 Å². The van der Waals surface area contributed by atoms with Crippen LogP contribution in [0.4, 0.5) is 0 Å². The molecule has 134 valence electrons. The SMILES string of the molecule is COc1cccc(-c2c(-c3ccncc3)[nH]n3c(=O)c(C(=O)O)cnc23)c1. The minimum atomic E-state index is -1.33. The molecule has 2 N–H and O–H groups in total. The monoisotopic (exact) mass is 362 g/mol. The van der Waals surface area contributed by atoms with Crippen LogP contribution in [0.15, 0.2) is 59.8 Å². The lowest BCUT2D eigenvalue weighted by Gasteiger charge is -2.06. The van der Waals surface area contributed by atoms with Gasteiger partial charge in [0.05, 0.1) is 18.4 Å². The number of carboxylic acid groups (broad SMARTS) is 1. The Morgan fingerprint density at radius 3 is 2.67 bits per heavy atom. The highest BCUT2D eigenvalue weighted by Crippen LogP contribution is 2.35. The van der Waals surface area contributed by atoms with Gasteiger partial charge in [0.1, 0.15) is 11.3 Å². The van der Waals surface area contributed by atoms with E-state index >= 15 is 0 Å². The highest BCUT2D eigenvalue weighted by Gasteiger charge is 2.21. The standard InChI is InChI=1S/C19H14N4O4/c1-27-13-4-2-3-12(9-13)15-16(11-5-7-20-8-6-11)22-23-17(15)21-10-14(18(23)24)19(25)26/h2-10,22H,1H3,(H,25,26). The van der Waals surface area contributed by atoms with Crippen LogP contribution >= 0.6 is 0 Å². The Morgan fingerprint density at radius 1 is 1.19 bits per heavy atom. The fourth-order valence-corrected chi connectivity index (χ4v) is 2.94. The second kappa shape index (κ2) is 6.41. The van der Waals surface area contributed by atoms with E-state index in [1.54, 1.807) is 31.6 Å². The number of fused-ring (bicyclic) bond motifs is 1. The number of carbonyl (C=O) groups is 1. The van der Waals surface area contributed by atoms with Crippen LogP contribution in [0, 0.1) is 0 Å². The molecule has 0 saturated carbocycles. The quantitative estimate of drug-likeness (QED) is 0.577. The van der Waals surface area contributed by atoms with Gasteiger partial charge in [0.25, 0.3) is 5.56 Å². The fourth-order valence-electron chi connectivity index (χ4n) is 2.94. The number of pyridine rings is 1. The molecule has 4 aromatic rings. The predicted molar refractivity (Wildman–Crippen MR) is 98.0 cm³/mol. The lowest BCUT2D eigenvalue weighted by molar-refractivity contribution is 0.0694. The molecule has 4 rings (SSSR count). The molecular formula is C19H14N4O4. The highest BCUT2D eigenvalue weighted by molar-refractivity contribution is 5.92. The summed E-state index contributed by atoms with van der Waals surface area (Å²) in [6.45, 7) is 0. The van der Waals surface area contributed by atoms with Gasteiger partial charge in [-0.15, -0.1) is 0 Å². The van der Waals surface area contributed by atoms with Crippen LogP contribution in [0.25, 0.3) is 28.0 Å². The number of methoxy groups -OCH3 is 1. The van der Waals surface area contributed by atoms with Gasteiger partial charge in [-0.25, -0.2) is 9.78 Å². The van der Waals surface area contributed by atoms with Crippen molar-refractivity contribution in [2.75, 3.05) is 7.11 Å². The van der Waals surface area contributed by atoms with Crippen molar-refractivity contribution < 1.29 is 14.6 Å². The van der Waals surface area contributed by atoms with E-state index in [4.69, 9.17) is 4.74 Å². The maximum atomic E-state index is 12.6. The van der Waals surface area contributed by atoms with Crippen LogP contribution in [0.5, 0.6) is 5.75 Å². The van der Waals surface area contributed by atoms with Gasteiger partial charge in [0.2, 0.25) is 0 Å². The summed E-state index contributed by atoms with van der Waals surface area (Å²) in [5.41, 5.74) is 2.07. The lowest BCUT2D eigenvalue weighted by Crippen LogP contribution is -2.22. The zero-order valence-corrected chi connectivity index (χ0v) is 14.2. The Bertz CT molecular complexity index is 1210. The van der Waals surface area contributed by atoms with Crippen molar-refractivity contribution in [1.82, 2.24) is 19.6 Å². The molecule has 1 aromatic carbocycles. The number of nitrogens with zero attached hydrogens (tertiary/aromatic N) is 3. The molecule has 0 spiro atoms. The summed E-state index contributed by atoms with van der Waals surface area (Å²) in [7, 11) is 1.57. The van der Waals surface area contributed by atoms with Crippen molar-refractivity contribution >= 4 is 11.6 Å². The summed E-state index contributed by atoms with van der Waals surface area (Å²) in [5.74, 6) is -0.679. The third kappa shape index (κ3) is 2.73. The molecule has 27 heavy (non-hydrogen) atoms. The normalized spacial score (nSPS) is 10.9. The number of H-pyrrole nitrogens is 1. The van der Waals surface area contributed by atoms with E-state index in [0.717, 1.165) is 21.8 Å². The molecule has 0 unspecified atom stereocenters. The molecule has 0 aliphatic carbocycles. The maximum absolute atomic E-state index is 12.6. The third-order valence-corrected chi connectivity index (χ3v) is 4.22. The van der Waals surface area contributed by atoms with Crippen LogP contribution in [-0.4, -0.2) is 37.8 Å². The van der Waals surface area contributed by atoms with E-state index in [-0.39, 0.29) is 0 Å². The summed E-state index contributed by atoms with van der Waals surface area (Å²) in [6, 6.07) is 10.9. The molecule has 0 aliphatic heterocycles. The van der Waals surface area contributed by atoms with Crippen LogP contribution in [0.2, 0.25) is 0 Å².